The summed E-state index contributed by atoms with van der Waals surface area (Å²) in [5, 5.41) is 21.5. The molecule has 32 heavy (non-hydrogen) atoms. The third-order valence-corrected chi connectivity index (χ3v) is 6.13. The van der Waals surface area contributed by atoms with Gasteiger partial charge in [-0.1, -0.05) is 60.5 Å². The predicted molar refractivity (Wildman–Crippen MR) is 130 cm³/mol. The number of rotatable bonds is 6. The van der Waals surface area contributed by atoms with Crippen molar-refractivity contribution in [3.63, 3.8) is 0 Å². The van der Waals surface area contributed by atoms with Crippen LogP contribution in [0.3, 0.4) is 0 Å². The van der Waals surface area contributed by atoms with Crippen LogP contribution in [0, 0.1) is 5.41 Å². The molecule has 0 bridgehead atoms. The molecule has 2 heterocycles. The van der Waals surface area contributed by atoms with Crippen molar-refractivity contribution >= 4 is 35.3 Å². The third kappa shape index (κ3) is 4.98. The van der Waals surface area contributed by atoms with Gasteiger partial charge in [-0.2, -0.15) is 0 Å². The standard InChI is InChI=1S/C25H25ClN4O2/c26-23-20(18-7-2-1-3-8-18)9-6-10-21(23)28-15-19-13-17(14-29-24(19)27)16-30-12-5-4-11-22(30)25(31)32/h1-3,6-10,13-15,22,27-28H,4-5,11-12,16H2,(H,31,32)/b19-15-,27-24?. The van der Waals surface area contributed by atoms with Crippen LogP contribution in [0.5, 0.6) is 0 Å². The number of aliphatic imine (C=N–C) groups is 1. The molecule has 7 heteroatoms. The first-order chi connectivity index (χ1) is 15.5. The van der Waals surface area contributed by atoms with Gasteiger partial charge in [-0.3, -0.25) is 15.1 Å². The normalized spacial score (nSPS) is 20.3. The van der Waals surface area contributed by atoms with E-state index in [-0.39, 0.29) is 5.84 Å². The molecule has 2 aliphatic heterocycles. The van der Waals surface area contributed by atoms with E-state index in [1.165, 1.54) is 0 Å². The summed E-state index contributed by atoms with van der Waals surface area (Å²) < 4.78 is 0. The minimum Gasteiger partial charge on any atom is -0.480 e. The van der Waals surface area contributed by atoms with Gasteiger partial charge in [-0.15, -0.1) is 0 Å². The Kier molecular flexibility index (Phi) is 6.83. The number of hydrogen-bond acceptors (Lipinski definition) is 4. The first-order valence-electron chi connectivity index (χ1n) is 10.6. The highest BCUT2D eigenvalue weighted by atomic mass is 35.5. The molecule has 1 atom stereocenters. The average Bonchev–Trinajstić information content (AvgIpc) is 2.81. The number of carbonyl (C=O) groups is 1. The average molecular weight is 449 g/mol. The number of piperidine rings is 1. The highest BCUT2D eigenvalue weighted by Crippen LogP contribution is 2.33. The van der Waals surface area contributed by atoms with Crippen molar-refractivity contribution in [1.29, 1.82) is 5.41 Å². The maximum atomic E-state index is 11.6. The zero-order chi connectivity index (χ0) is 22.5. The summed E-state index contributed by atoms with van der Waals surface area (Å²) in [5.41, 5.74) is 4.19. The molecule has 1 saturated heterocycles. The fraction of sp³-hybridized carbons (Fsp3) is 0.240. The van der Waals surface area contributed by atoms with E-state index >= 15 is 0 Å². The first-order valence-corrected chi connectivity index (χ1v) is 11.0. The predicted octanol–water partition coefficient (Wildman–Crippen LogP) is 5.23. The van der Waals surface area contributed by atoms with E-state index in [4.69, 9.17) is 17.0 Å². The van der Waals surface area contributed by atoms with Crippen molar-refractivity contribution in [1.82, 2.24) is 4.90 Å². The van der Waals surface area contributed by atoms with Gasteiger partial charge < -0.3 is 10.4 Å². The molecular weight excluding hydrogens is 424 g/mol. The minimum atomic E-state index is -0.781. The van der Waals surface area contributed by atoms with Crippen molar-refractivity contribution in [2.75, 3.05) is 18.4 Å². The second-order valence-corrected chi connectivity index (χ2v) is 8.30. The highest BCUT2D eigenvalue weighted by molar-refractivity contribution is 6.36. The molecule has 0 aliphatic carbocycles. The van der Waals surface area contributed by atoms with E-state index in [2.05, 4.69) is 10.3 Å². The monoisotopic (exact) mass is 448 g/mol. The smallest absolute Gasteiger partial charge is 0.320 e. The molecular formula is C25H25ClN4O2. The number of halogens is 1. The van der Waals surface area contributed by atoms with Gasteiger partial charge in [0.15, 0.2) is 5.84 Å². The molecule has 2 aromatic carbocycles. The number of anilines is 1. The summed E-state index contributed by atoms with van der Waals surface area (Å²) in [4.78, 5) is 17.8. The van der Waals surface area contributed by atoms with Gasteiger partial charge in [0.25, 0.3) is 0 Å². The molecule has 2 aliphatic rings. The lowest BCUT2D eigenvalue weighted by Crippen LogP contribution is -2.45. The van der Waals surface area contributed by atoms with Crippen LogP contribution in [0.1, 0.15) is 19.3 Å². The van der Waals surface area contributed by atoms with Crippen LogP contribution in [-0.4, -0.2) is 47.2 Å². The second kappa shape index (κ2) is 9.94. The van der Waals surface area contributed by atoms with Gasteiger partial charge in [0.1, 0.15) is 6.04 Å². The summed E-state index contributed by atoms with van der Waals surface area (Å²) in [5.74, 6) is -0.638. The van der Waals surface area contributed by atoms with E-state index in [0.29, 0.717) is 23.6 Å². The Morgan fingerprint density at radius 1 is 1.22 bits per heavy atom. The van der Waals surface area contributed by atoms with Gasteiger partial charge >= 0.3 is 5.97 Å². The summed E-state index contributed by atoms with van der Waals surface area (Å²) in [6.07, 6.45) is 7.84. The number of benzene rings is 2. The molecule has 3 N–H and O–H groups in total. The Bertz CT molecular complexity index is 1110. The van der Waals surface area contributed by atoms with E-state index in [0.717, 1.165) is 41.8 Å². The van der Waals surface area contributed by atoms with E-state index < -0.39 is 12.0 Å². The van der Waals surface area contributed by atoms with E-state index in [1.54, 1.807) is 12.4 Å². The molecule has 0 saturated carbocycles. The van der Waals surface area contributed by atoms with Gasteiger partial charge in [0.2, 0.25) is 0 Å². The summed E-state index contributed by atoms with van der Waals surface area (Å²) in [6.45, 7) is 1.24. The maximum Gasteiger partial charge on any atom is 0.320 e. The number of amidine groups is 1. The second-order valence-electron chi connectivity index (χ2n) is 7.92. The van der Waals surface area contributed by atoms with Gasteiger partial charge in [-0.25, -0.2) is 4.99 Å². The summed E-state index contributed by atoms with van der Waals surface area (Å²) >= 11 is 6.65. The molecule has 4 rings (SSSR count). The van der Waals surface area contributed by atoms with Crippen molar-refractivity contribution in [2.24, 2.45) is 4.99 Å². The molecule has 6 nitrogen and oxygen atoms in total. The van der Waals surface area contributed by atoms with Crippen LogP contribution in [-0.2, 0) is 4.79 Å². The van der Waals surface area contributed by atoms with Gasteiger partial charge in [0, 0.05) is 30.1 Å². The van der Waals surface area contributed by atoms with Crippen molar-refractivity contribution in [3.8, 4) is 11.1 Å². The lowest BCUT2D eigenvalue weighted by Gasteiger charge is -2.33. The summed E-state index contributed by atoms with van der Waals surface area (Å²) in [7, 11) is 0. The van der Waals surface area contributed by atoms with Crippen LogP contribution in [0.15, 0.2) is 76.9 Å². The third-order valence-electron chi connectivity index (χ3n) is 5.72. The van der Waals surface area contributed by atoms with Crippen LogP contribution in [0.2, 0.25) is 5.02 Å². The quantitative estimate of drug-likeness (QED) is 0.564. The fourth-order valence-corrected chi connectivity index (χ4v) is 4.35. The van der Waals surface area contributed by atoms with Gasteiger partial charge in [0.05, 0.1) is 10.7 Å². The molecule has 0 amide bonds. The molecule has 2 aromatic rings. The first kappa shape index (κ1) is 22.0. The molecule has 0 spiro atoms. The lowest BCUT2D eigenvalue weighted by atomic mass is 10.0. The van der Waals surface area contributed by atoms with Crippen LogP contribution < -0.4 is 5.32 Å². The molecule has 0 aromatic heterocycles. The number of likely N-dealkylation sites (tertiary alicyclic amines) is 1. The molecule has 164 valence electrons. The van der Waals surface area contributed by atoms with E-state index in [1.807, 2.05) is 59.5 Å². The SMILES string of the molecule is N=C1N=CC(CN2CCCCC2C(=O)O)=C/C1=C/Nc1cccc(-c2ccccc2)c1Cl. The van der Waals surface area contributed by atoms with Gasteiger partial charge in [-0.05, 0) is 42.7 Å². The number of aliphatic carboxylic acids is 1. The number of nitrogens with zero attached hydrogens (tertiary/aromatic N) is 2. The Hall–Kier alpha value is -3.22. The number of carboxylic acids is 1. The van der Waals surface area contributed by atoms with E-state index in [9.17, 15) is 9.90 Å². The Morgan fingerprint density at radius 2 is 2.03 bits per heavy atom. The lowest BCUT2D eigenvalue weighted by molar-refractivity contribution is -0.144. The zero-order valence-electron chi connectivity index (χ0n) is 17.6. The van der Waals surface area contributed by atoms with Crippen molar-refractivity contribution in [3.05, 3.63) is 77.0 Å². The zero-order valence-corrected chi connectivity index (χ0v) is 18.3. The Balaban J connectivity index is 1.52. The fourth-order valence-electron chi connectivity index (χ4n) is 4.06. The van der Waals surface area contributed by atoms with Crippen LogP contribution in [0.25, 0.3) is 11.1 Å². The number of carboxylic acid groups (broad SMARTS) is 1. The van der Waals surface area contributed by atoms with Crippen LogP contribution >= 0.6 is 11.6 Å². The molecule has 1 fully saturated rings. The number of hydrogen-bond donors (Lipinski definition) is 3. The molecule has 1 unspecified atom stereocenters. The van der Waals surface area contributed by atoms with Crippen molar-refractivity contribution < 1.29 is 9.90 Å². The summed E-state index contributed by atoms with van der Waals surface area (Å²) in [6, 6.07) is 15.2. The highest BCUT2D eigenvalue weighted by Gasteiger charge is 2.28. The maximum absolute atomic E-state index is 11.6. The molecule has 0 radical (unpaired) electrons. The van der Waals surface area contributed by atoms with Crippen LogP contribution in [0.4, 0.5) is 5.69 Å². The Morgan fingerprint density at radius 3 is 2.81 bits per heavy atom. The minimum absolute atomic E-state index is 0.144. The number of dihydropyridines is 1. The topological polar surface area (TPSA) is 88.8 Å². The number of nitrogens with one attached hydrogen (secondary N) is 2. The largest absolute Gasteiger partial charge is 0.480 e. The van der Waals surface area contributed by atoms with Crippen molar-refractivity contribution in [2.45, 2.75) is 25.3 Å². The Labute approximate surface area is 192 Å².